The van der Waals surface area contributed by atoms with Crippen LogP contribution in [0.4, 0.5) is 17.6 Å². The molecular weight excluding hydrogens is 446 g/mol. The third-order valence-electron chi connectivity index (χ3n) is 4.05. The Morgan fingerprint density at radius 1 is 1.07 bits per heavy atom. The molecule has 0 aliphatic heterocycles. The number of rotatable bonds is 7. The molecule has 2 aromatic rings. The van der Waals surface area contributed by atoms with Crippen molar-refractivity contribution in [1.29, 1.82) is 0 Å². The van der Waals surface area contributed by atoms with E-state index in [1.54, 1.807) is 12.1 Å². The van der Waals surface area contributed by atoms with Crippen LogP contribution < -0.4 is 9.47 Å². The van der Waals surface area contributed by atoms with E-state index in [-0.39, 0.29) is 18.5 Å². The van der Waals surface area contributed by atoms with Crippen molar-refractivity contribution < 1.29 is 31.8 Å². The van der Waals surface area contributed by atoms with Gasteiger partial charge in [0.15, 0.2) is 0 Å². The SMILES string of the molecule is COc1cc(CCN(Cc2ccccc2F)C(=O)C(F)(F)F)c(OC)cc1Br. The molecule has 0 atom stereocenters. The highest BCUT2D eigenvalue weighted by molar-refractivity contribution is 9.10. The van der Waals surface area contributed by atoms with Gasteiger partial charge >= 0.3 is 12.1 Å². The lowest BCUT2D eigenvalue weighted by atomic mass is 10.1. The first-order valence-corrected chi connectivity index (χ1v) is 8.96. The number of benzene rings is 2. The molecule has 9 heteroatoms. The summed E-state index contributed by atoms with van der Waals surface area (Å²) in [5.74, 6) is -1.80. The Balaban J connectivity index is 2.28. The van der Waals surface area contributed by atoms with Crippen LogP contribution in [-0.4, -0.2) is 37.7 Å². The summed E-state index contributed by atoms with van der Waals surface area (Å²) in [6.45, 7) is -0.783. The van der Waals surface area contributed by atoms with Crippen LogP contribution >= 0.6 is 15.9 Å². The largest absolute Gasteiger partial charge is 0.496 e. The van der Waals surface area contributed by atoms with E-state index in [2.05, 4.69) is 15.9 Å². The predicted molar refractivity (Wildman–Crippen MR) is 98.8 cm³/mol. The van der Waals surface area contributed by atoms with Crippen LogP contribution in [0.2, 0.25) is 0 Å². The molecule has 1 amide bonds. The molecule has 0 radical (unpaired) electrons. The maximum absolute atomic E-state index is 13.9. The third-order valence-corrected chi connectivity index (χ3v) is 4.67. The molecule has 28 heavy (non-hydrogen) atoms. The summed E-state index contributed by atoms with van der Waals surface area (Å²) in [4.78, 5) is 12.4. The molecule has 0 spiro atoms. The van der Waals surface area contributed by atoms with Gasteiger partial charge in [0.2, 0.25) is 0 Å². The Kier molecular flexibility index (Phi) is 7.29. The number of hydrogen-bond donors (Lipinski definition) is 0. The zero-order chi connectivity index (χ0) is 20.9. The van der Waals surface area contributed by atoms with E-state index in [9.17, 15) is 22.4 Å². The highest BCUT2D eigenvalue weighted by Gasteiger charge is 2.42. The number of methoxy groups -OCH3 is 2. The molecule has 0 aromatic heterocycles. The summed E-state index contributed by atoms with van der Waals surface area (Å²) in [6, 6.07) is 8.64. The lowest BCUT2D eigenvalue weighted by Gasteiger charge is -2.24. The van der Waals surface area contributed by atoms with E-state index in [4.69, 9.17) is 9.47 Å². The summed E-state index contributed by atoms with van der Waals surface area (Å²) >= 11 is 3.30. The first kappa shape index (κ1) is 22.0. The van der Waals surface area contributed by atoms with Gasteiger partial charge in [0.25, 0.3) is 0 Å². The molecule has 0 bridgehead atoms. The van der Waals surface area contributed by atoms with Crippen LogP contribution in [0, 0.1) is 5.82 Å². The number of hydrogen-bond acceptors (Lipinski definition) is 3. The molecule has 0 aliphatic carbocycles. The average Bonchev–Trinajstić information content (AvgIpc) is 2.65. The van der Waals surface area contributed by atoms with Crippen molar-refractivity contribution in [2.24, 2.45) is 0 Å². The number of carbonyl (C=O) groups excluding carboxylic acids is 1. The molecule has 0 heterocycles. The summed E-state index contributed by atoms with van der Waals surface area (Å²) in [5.41, 5.74) is 0.552. The fraction of sp³-hybridized carbons (Fsp3) is 0.316. The van der Waals surface area contributed by atoms with E-state index in [0.717, 1.165) is 6.07 Å². The maximum Gasteiger partial charge on any atom is 0.471 e. The van der Waals surface area contributed by atoms with Crippen LogP contribution in [0.15, 0.2) is 40.9 Å². The second kappa shape index (κ2) is 9.27. The van der Waals surface area contributed by atoms with Gasteiger partial charge in [-0.1, -0.05) is 18.2 Å². The van der Waals surface area contributed by atoms with Crippen molar-refractivity contribution in [3.05, 3.63) is 57.8 Å². The van der Waals surface area contributed by atoms with Crippen molar-refractivity contribution in [3.63, 3.8) is 0 Å². The minimum absolute atomic E-state index is 0.000418. The quantitative estimate of drug-likeness (QED) is 0.556. The molecule has 0 saturated heterocycles. The maximum atomic E-state index is 13.9. The molecule has 0 fully saturated rings. The zero-order valence-corrected chi connectivity index (χ0v) is 16.7. The normalized spacial score (nSPS) is 11.2. The number of amides is 1. The van der Waals surface area contributed by atoms with E-state index < -0.39 is 24.4 Å². The van der Waals surface area contributed by atoms with Gasteiger partial charge in [-0.25, -0.2) is 4.39 Å². The summed E-state index contributed by atoms with van der Waals surface area (Å²) in [6.07, 6.45) is -5.00. The molecule has 152 valence electrons. The fourth-order valence-electron chi connectivity index (χ4n) is 2.64. The lowest BCUT2D eigenvalue weighted by molar-refractivity contribution is -0.186. The first-order chi connectivity index (χ1) is 13.2. The predicted octanol–water partition coefficient (Wildman–Crippen LogP) is 4.74. The van der Waals surface area contributed by atoms with Gasteiger partial charge in [0.1, 0.15) is 17.3 Å². The zero-order valence-electron chi connectivity index (χ0n) is 15.1. The lowest BCUT2D eigenvalue weighted by Crippen LogP contribution is -2.41. The van der Waals surface area contributed by atoms with Crippen LogP contribution in [0.1, 0.15) is 11.1 Å². The first-order valence-electron chi connectivity index (χ1n) is 8.17. The minimum Gasteiger partial charge on any atom is -0.496 e. The van der Waals surface area contributed by atoms with E-state index in [1.165, 1.54) is 32.4 Å². The molecular formula is C19H18BrF4NO3. The molecule has 2 aromatic carbocycles. The van der Waals surface area contributed by atoms with Crippen LogP contribution in [0.25, 0.3) is 0 Å². The Morgan fingerprint density at radius 2 is 1.71 bits per heavy atom. The number of nitrogens with zero attached hydrogens (tertiary/aromatic N) is 1. The number of halogens is 5. The Labute approximate surface area is 168 Å². The van der Waals surface area contributed by atoms with Gasteiger partial charge in [-0.15, -0.1) is 0 Å². The highest BCUT2D eigenvalue weighted by Crippen LogP contribution is 2.33. The Morgan fingerprint density at radius 3 is 2.29 bits per heavy atom. The minimum atomic E-state index is -5.06. The number of ether oxygens (including phenoxy) is 2. The van der Waals surface area contributed by atoms with Crippen molar-refractivity contribution in [2.45, 2.75) is 19.1 Å². The Hall–Kier alpha value is -2.29. The van der Waals surface area contributed by atoms with Crippen LogP contribution in [0.5, 0.6) is 11.5 Å². The molecule has 0 saturated carbocycles. The molecule has 2 rings (SSSR count). The second-order valence-corrected chi connectivity index (χ2v) is 6.72. The number of alkyl halides is 3. The smallest absolute Gasteiger partial charge is 0.471 e. The standard InChI is InChI=1S/C19H18BrF4NO3/c1-27-16-10-14(20)17(28-2)9-12(16)7-8-25(18(26)19(22,23)24)11-13-5-3-4-6-15(13)21/h3-6,9-10H,7-8,11H2,1-2H3. The monoisotopic (exact) mass is 463 g/mol. The van der Waals surface area contributed by atoms with Gasteiger partial charge in [-0.05, 0) is 46.1 Å². The van der Waals surface area contributed by atoms with Gasteiger partial charge in [-0.3, -0.25) is 4.79 Å². The topological polar surface area (TPSA) is 38.8 Å². The Bertz CT molecular complexity index is 842. The van der Waals surface area contributed by atoms with E-state index in [1.807, 2.05) is 0 Å². The summed E-state index contributed by atoms with van der Waals surface area (Å²) < 4.78 is 64.0. The van der Waals surface area contributed by atoms with Gasteiger partial charge in [0, 0.05) is 18.7 Å². The third kappa shape index (κ3) is 5.37. The van der Waals surface area contributed by atoms with Gasteiger partial charge in [0.05, 0.1) is 18.7 Å². The molecule has 0 aliphatic rings. The average molecular weight is 464 g/mol. The molecule has 0 unspecified atom stereocenters. The van der Waals surface area contributed by atoms with Crippen LogP contribution in [-0.2, 0) is 17.8 Å². The van der Waals surface area contributed by atoms with Crippen molar-refractivity contribution in [3.8, 4) is 11.5 Å². The second-order valence-electron chi connectivity index (χ2n) is 5.86. The van der Waals surface area contributed by atoms with Crippen molar-refractivity contribution in [1.82, 2.24) is 4.90 Å². The van der Waals surface area contributed by atoms with Gasteiger partial charge in [-0.2, -0.15) is 13.2 Å². The van der Waals surface area contributed by atoms with E-state index in [0.29, 0.717) is 26.4 Å². The number of carbonyl (C=O) groups is 1. The van der Waals surface area contributed by atoms with Crippen molar-refractivity contribution in [2.75, 3.05) is 20.8 Å². The van der Waals surface area contributed by atoms with Crippen LogP contribution in [0.3, 0.4) is 0 Å². The fourth-order valence-corrected chi connectivity index (χ4v) is 3.12. The highest BCUT2D eigenvalue weighted by atomic mass is 79.9. The van der Waals surface area contributed by atoms with Gasteiger partial charge < -0.3 is 14.4 Å². The molecule has 4 nitrogen and oxygen atoms in total. The summed E-state index contributed by atoms with van der Waals surface area (Å²) in [7, 11) is 2.88. The van der Waals surface area contributed by atoms with Crippen molar-refractivity contribution >= 4 is 21.8 Å². The molecule has 0 N–H and O–H groups in total. The van der Waals surface area contributed by atoms with E-state index >= 15 is 0 Å². The summed E-state index contributed by atoms with van der Waals surface area (Å²) in [5, 5.41) is 0.